The average Bonchev–Trinajstić information content (AvgIpc) is 2.83. The molecule has 3 aromatic carbocycles. The summed E-state index contributed by atoms with van der Waals surface area (Å²) < 4.78 is 21.4. The molecule has 0 aliphatic rings. The van der Waals surface area contributed by atoms with Crippen LogP contribution in [-0.4, -0.2) is 32.2 Å². The molecule has 0 fully saturated rings. The molecule has 0 saturated carbocycles. The third-order valence-corrected chi connectivity index (χ3v) is 4.44. The van der Waals surface area contributed by atoms with Crippen LogP contribution in [0.3, 0.4) is 0 Å². The molecule has 3 rings (SSSR count). The maximum absolute atomic E-state index is 12.6. The summed E-state index contributed by atoms with van der Waals surface area (Å²) in [6.07, 6.45) is 0. The molecule has 0 atom stereocenters. The first kappa shape index (κ1) is 22.7. The van der Waals surface area contributed by atoms with Gasteiger partial charge in [0, 0.05) is 11.3 Å². The second-order valence-electron chi connectivity index (χ2n) is 6.71. The zero-order valence-corrected chi connectivity index (χ0v) is 18.0. The van der Waals surface area contributed by atoms with Crippen LogP contribution in [0.15, 0.2) is 72.8 Å². The number of amides is 1. The van der Waals surface area contributed by atoms with E-state index in [2.05, 4.69) is 5.32 Å². The molecule has 32 heavy (non-hydrogen) atoms. The summed E-state index contributed by atoms with van der Waals surface area (Å²) in [5.41, 5.74) is 2.05. The van der Waals surface area contributed by atoms with E-state index in [9.17, 15) is 9.59 Å². The minimum Gasteiger partial charge on any atom is -0.493 e. The first-order valence-electron chi connectivity index (χ1n) is 10.1. The summed E-state index contributed by atoms with van der Waals surface area (Å²) in [5, 5.41) is 2.82. The fourth-order valence-corrected chi connectivity index (χ4v) is 2.85. The third kappa shape index (κ3) is 6.50. The van der Waals surface area contributed by atoms with Crippen molar-refractivity contribution in [3.05, 3.63) is 83.9 Å². The predicted octanol–water partition coefficient (Wildman–Crippen LogP) is 4.47. The van der Waals surface area contributed by atoms with E-state index in [0.717, 1.165) is 5.56 Å². The number of carbonyl (C=O) groups is 2. The van der Waals surface area contributed by atoms with E-state index in [0.29, 0.717) is 41.7 Å². The number of rotatable bonds is 10. The van der Waals surface area contributed by atoms with Crippen molar-refractivity contribution in [2.75, 3.05) is 25.6 Å². The van der Waals surface area contributed by atoms with Gasteiger partial charge in [-0.1, -0.05) is 30.3 Å². The standard InChI is InChI=1S/C25H25NO6/c1-3-30-24(27)17-31-21-12-10-20(11-13-21)26-25(28)19-9-14-22(23(15-19)29-2)32-16-18-7-5-4-6-8-18/h4-15H,3,16-17H2,1-2H3,(H,26,28). The van der Waals surface area contributed by atoms with Gasteiger partial charge in [-0.05, 0) is 55.0 Å². The van der Waals surface area contributed by atoms with Crippen molar-refractivity contribution in [1.29, 1.82) is 0 Å². The van der Waals surface area contributed by atoms with Gasteiger partial charge in [0.25, 0.3) is 5.91 Å². The van der Waals surface area contributed by atoms with Crippen LogP contribution in [0.1, 0.15) is 22.8 Å². The zero-order chi connectivity index (χ0) is 22.8. The number of nitrogens with one attached hydrogen (secondary N) is 1. The molecule has 0 heterocycles. The first-order valence-corrected chi connectivity index (χ1v) is 10.1. The van der Waals surface area contributed by atoms with Gasteiger partial charge in [0.15, 0.2) is 18.1 Å². The van der Waals surface area contributed by atoms with Gasteiger partial charge in [-0.25, -0.2) is 4.79 Å². The Kier molecular flexibility index (Phi) is 8.09. The third-order valence-electron chi connectivity index (χ3n) is 4.44. The summed E-state index contributed by atoms with van der Waals surface area (Å²) in [7, 11) is 1.53. The van der Waals surface area contributed by atoms with E-state index < -0.39 is 5.97 Å². The van der Waals surface area contributed by atoms with Gasteiger partial charge in [0.2, 0.25) is 0 Å². The normalized spacial score (nSPS) is 10.2. The van der Waals surface area contributed by atoms with Gasteiger partial charge >= 0.3 is 5.97 Å². The first-order chi connectivity index (χ1) is 15.6. The van der Waals surface area contributed by atoms with E-state index in [4.69, 9.17) is 18.9 Å². The summed E-state index contributed by atoms with van der Waals surface area (Å²) in [6.45, 7) is 2.26. The molecule has 0 bridgehead atoms. The highest BCUT2D eigenvalue weighted by molar-refractivity contribution is 6.04. The summed E-state index contributed by atoms with van der Waals surface area (Å²) >= 11 is 0. The van der Waals surface area contributed by atoms with Gasteiger partial charge in [0.1, 0.15) is 12.4 Å². The van der Waals surface area contributed by atoms with Crippen LogP contribution < -0.4 is 19.5 Å². The largest absolute Gasteiger partial charge is 0.493 e. The molecule has 0 aliphatic carbocycles. The quantitative estimate of drug-likeness (QED) is 0.473. The molecule has 1 amide bonds. The van der Waals surface area contributed by atoms with Gasteiger partial charge in [0.05, 0.1) is 13.7 Å². The van der Waals surface area contributed by atoms with Gasteiger partial charge in [-0.15, -0.1) is 0 Å². The van der Waals surface area contributed by atoms with Crippen LogP contribution in [0.25, 0.3) is 0 Å². The monoisotopic (exact) mass is 435 g/mol. The Hall–Kier alpha value is -4.00. The molecule has 0 saturated heterocycles. The number of carbonyl (C=O) groups excluding carboxylic acids is 2. The Morgan fingerprint density at radius 3 is 2.31 bits per heavy atom. The van der Waals surface area contributed by atoms with E-state index in [-0.39, 0.29) is 12.5 Å². The molecule has 7 nitrogen and oxygen atoms in total. The number of hydrogen-bond acceptors (Lipinski definition) is 6. The Bertz CT molecular complexity index is 1030. The number of esters is 1. The summed E-state index contributed by atoms with van der Waals surface area (Å²) in [6, 6.07) is 21.5. The summed E-state index contributed by atoms with van der Waals surface area (Å²) in [4.78, 5) is 24.0. The molecule has 3 aromatic rings. The Morgan fingerprint density at radius 1 is 0.875 bits per heavy atom. The maximum atomic E-state index is 12.6. The van der Waals surface area contributed by atoms with E-state index in [1.165, 1.54) is 7.11 Å². The average molecular weight is 435 g/mol. The van der Waals surface area contributed by atoms with Crippen LogP contribution in [0.5, 0.6) is 17.2 Å². The van der Waals surface area contributed by atoms with Crippen LogP contribution in [0.2, 0.25) is 0 Å². The second-order valence-corrected chi connectivity index (χ2v) is 6.71. The molecule has 7 heteroatoms. The molecular formula is C25H25NO6. The lowest BCUT2D eigenvalue weighted by molar-refractivity contribution is -0.145. The molecule has 0 unspecified atom stereocenters. The van der Waals surface area contributed by atoms with E-state index in [1.807, 2.05) is 30.3 Å². The fourth-order valence-electron chi connectivity index (χ4n) is 2.85. The van der Waals surface area contributed by atoms with Crippen LogP contribution >= 0.6 is 0 Å². The minimum absolute atomic E-state index is 0.169. The molecule has 0 aliphatic heterocycles. The number of anilines is 1. The van der Waals surface area contributed by atoms with Crippen molar-refractivity contribution in [3.8, 4) is 17.2 Å². The van der Waals surface area contributed by atoms with E-state index in [1.54, 1.807) is 49.4 Å². The molecule has 0 spiro atoms. The van der Waals surface area contributed by atoms with Gasteiger partial charge < -0.3 is 24.3 Å². The Balaban J connectivity index is 1.59. The number of hydrogen-bond donors (Lipinski definition) is 1. The Morgan fingerprint density at radius 2 is 1.62 bits per heavy atom. The molecule has 0 aromatic heterocycles. The zero-order valence-electron chi connectivity index (χ0n) is 18.0. The smallest absolute Gasteiger partial charge is 0.344 e. The molecule has 166 valence electrons. The van der Waals surface area contributed by atoms with Crippen molar-refractivity contribution in [3.63, 3.8) is 0 Å². The van der Waals surface area contributed by atoms with Gasteiger partial charge in [-0.3, -0.25) is 4.79 Å². The van der Waals surface area contributed by atoms with E-state index >= 15 is 0 Å². The molecule has 0 radical (unpaired) electrons. The topological polar surface area (TPSA) is 83.1 Å². The highest BCUT2D eigenvalue weighted by Gasteiger charge is 2.12. The number of methoxy groups -OCH3 is 1. The molecule has 1 N–H and O–H groups in total. The van der Waals surface area contributed by atoms with Crippen molar-refractivity contribution in [1.82, 2.24) is 0 Å². The minimum atomic E-state index is -0.435. The highest BCUT2D eigenvalue weighted by atomic mass is 16.6. The van der Waals surface area contributed by atoms with Crippen LogP contribution in [-0.2, 0) is 16.1 Å². The number of benzene rings is 3. The lowest BCUT2D eigenvalue weighted by atomic mass is 10.1. The van der Waals surface area contributed by atoms with Gasteiger partial charge in [-0.2, -0.15) is 0 Å². The Labute approximate surface area is 186 Å². The lowest BCUT2D eigenvalue weighted by Crippen LogP contribution is -2.14. The van der Waals surface area contributed by atoms with Crippen molar-refractivity contribution >= 4 is 17.6 Å². The summed E-state index contributed by atoms with van der Waals surface area (Å²) in [5.74, 6) is 0.790. The highest BCUT2D eigenvalue weighted by Crippen LogP contribution is 2.29. The molecular weight excluding hydrogens is 410 g/mol. The SMILES string of the molecule is CCOC(=O)COc1ccc(NC(=O)c2ccc(OCc3ccccc3)c(OC)c2)cc1. The maximum Gasteiger partial charge on any atom is 0.344 e. The van der Waals surface area contributed by atoms with Crippen molar-refractivity contribution < 1.29 is 28.5 Å². The second kappa shape index (κ2) is 11.4. The van der Waals surface area contributed by atoms with Crippen LogP contribution in [0, 0.1) is 0 Å². The van der Waals surface area contributed by atoms with Crippen LogP contribution in [0.4, 0.5) is 5.69 Å². The lowest BCUT2D eigenvalue weighted by Gasteiger charge is -2.13. The van der Waals surface area contributed by atoms with Crippen molar-refractivity contribution in [2.45, 2.75) is 13.5 Å². The van der Waals surface area contributed by atoms with Crippen molar-refractivity contribution in [2.24, 2.45) is 0 Å². The predicted molar refractivity (Wildman–Crippen MR) is 120 cm³/mol. The number of ether oxygens (including phenoxy) is 4. The fraction of sp³-hybridized carbons (Fsp3) is 0.200.